The molecule has 1 saturated heterocycles. The van der Waals surface area contributed by atoms with E-state index in [9.17, 15) is 9.59 Å². The number of para-hydroxylation sites is 1. The SMILES string of the molecule is CCc1ccccc1N1C(=O)C(=Cc2ccc(Cl)s2)C(=O)NC1=S. The highest BCUT2D eigenvalue weighted by molar-refractivity contribution is 7.80. The predicted octanol–water partition coefficient (Wildman–Crippen LogP) is 3.80. The van der Waals surface area contributed by atoms with Crippen LogP contribution >= 0.6 is 35.2 Å². The molecule has 4 nitrogen and oxygen atoms in total. The van der Waals surface area contributed by atoms with Gasteiger partial charge < -0.3 is 0 Å². The first-order valence-corrected chi connectivity index (χ1v) is 8.86. The Morgan fingerprint density at radius 3 is 2.67 bits per heavy atom. The molecular weight excluding hydrogens is 364 g/mol. The molecule has 2 amide bonds. The molecule has 7 heteroatoms. The van der Waals surface area contributed by atoms with Crippen LogP contribution in [-0.2, 0) is 16.0 Å². The van der Waals surface area contributed by atoms with Gasteiger partial charge in [0.1, 0.15) is 5.57 Å². The second-order valence-corrected chi connectivity index (χ2v) is 7.22. The number of nitrogens with one attached hydrogen (secondary N) is 1. The third kappa shape index (κ3) is 3.13. The number of thiocarbonyl (C=S) groups is 1. The van der Waals surface area contributed by atoms with E-state index in [1.54, 1.807) is 12.1 Å². The Morgan fingerprint density at radius 1 is 1.25 bits per heavy atom. The number of hydrogen-bond acceptors (Lipinski definition) is 4. The van der Waals surface area contributed by atoms with Crippen LogP contribution in [0.2, 0.25) is 4.34 Å². The molecule has 0 spiro atoms. The fourth-order valence-corrected chi connectivity index (χ4v) is 3.73. The Hall–Kier alpha value is -2.02. The van der Waals surface area contributed by atoms with Crippen molar-refractivity contribution in [1.29, 1.82) is 0 Å². The van der Waals surface area contributed by atoms with Gasteiger partial charge in [-0.05, 0) is 48.5 Å². The van der Waals surface area contributed by atoms with Gasteiger partial charge in [0, 0.05) is 4.88 Å². The number of halogens is 1. The zero-order chi connectivity index (χ0) is 17.3. The second-order valence-electron chi connectivity index (χ2n) is 5.08. The maximum Gasteiger partial charge on any atom is 0.270 e. The molecular formula is C17H13ClN2O2S2. The number of nitrogens with zero attached hydrogens (tertiary/aromatic N) is 1. The van der Waals surface area contributed by atoms with Crippen molar-refractivity contribution in [3.63, 3.8) is 0 Å². The van der Waals surface area contributed by atoms with Crippen molar-refractivity contribution in [3.8, 4) is 0 Å². The Bertz CT molecular complexity index is 873. The molecule has 1 aliphatic heterocycles. The van der Waals surface area contributed by atoms with Crippen molar-refractivity contribution in [3.05, 3.63) is 56.7 Å². The molecule has 0 radical (unpaired) electrons. The molecule has 2 heterocycles. The number of hydrogen-bond donors (Lipinski definition) is 1. The van der Waals surface area contributed by atoms with Gasteiger partial charge in [-0.3, -0.25) is 19.8 Å². The monoisotopic (exact) mass is 376 g/mol. The van der Waals surface area contributed by atoms with Gasteiger partial charge in [-0.25, -0.2) is 0 Å². The number of carbonyl (C=O) groups excluding carboxylic acids is 2. The lowest BCUT2D eigenvalue weighted by Gasteiger charge is -2.30. The summed E-state index contributed by atoms with van der Waals surface area (Å²) in [6.45, 7) is 2.00. The molecule has 122 valence electrons. The van der Waals surface area contributed by atoms with Crippen LogP contribution in [0.1, 0.15) is 17.4 Å². The van der Waals surface area contributed by atoms with Crippen molar-refractivity contribution < 1.29 is 9.59 Å². The van der Waals surface area contributed by atoms with Crippen LogP contribution in [0.3, 0.4) is 0 Å². The first kappa shape index (κ1) is 16.8. The minimum absolute atomic E-state index is 0.0352. The van der Waals surface area contributed by atoms with Gasteiger partial charge in [0.2, 0.25) is 0 Å². The molecule has 24 heavy (non-hydrogen) atoms. The standard InChI is InChI=1S/C17H13ClN2O2S2/c1-2-10-5-3-4-6-13(10)20-16(22)12(15(21)19-17(20)23)9-11-7-8-14(18)24-11/h3-9H,2H2,1H3,(H,19,21,23). The minimum atomic E-state index is -0.500. The van der Waals surface area contributed by atoms with Crippen molar-refractivity contribution in [2.75, 3.05) is 4.90 Å². The van der Waals surface area contributed by atoms with Crippen LogP contribution in [0, 0.1) is 0 Å². The number of carbonyl (C=O) groups is 2. The fraction of sp³-hybridized carbons (Fsp3) is 0.118. The number of anilines is 1. The zero-order valence-electron chi connectivity index (χ0n) is 12.7. The molecule has 3 rings (SSSR count). The second kappa shape index (κ2) is 6.84. The minimum Gasteiger partial charge on any atom is -0.298 e. The van der Waals surface area contributed by atoms with Crippen molar-refractivity contribution in [2.24, 2.45) is 0 Å². The molecule has 1 aromatic heterocycles. The van der Waals surface area contributed by atoms with E-state index in [2.05, 4.69) is 5.32 Å². The van der Waals surface area contributed by atoms with Crippen molar-refractivity contribution >= 4 is 63.8 Å². The van der Waals surface area contributed by atoms with Crippen LogP contribution in [-0.4, -0.2) is 16.9 Å². The third-order valence-electron chi connectivity index (χ3n) is 3.60. The Balaban J connectivity index is 2.05. The maximum absolute atomic E-state index is 12.9. The lowest BCUT2D eigenvalue weighted by Crippen LogP contribution is -2.54. The van der Waals surface area contributed by atoms with E-state index in [1.807, 2.05) is 31.2 Å². The van der Waals surface area contributed by atoms with Crippen LogP contribution in [0.5, 0.6) is 0 Å². The zero-order valence-corrected chi connectivity index (χ0v) is 15.1. The van der Waals surface area contributed by atoms with E-state index in [1.165, 1.54) is 22.3 Å². The van der Waals surface area contributed by atoms with Crippen LogP contribution < -0.4 is 10.2 Å². The quantitative estimate of drug-likeness (QED) is 0.503. The highest BCUT2D eigenvalue weighted by Crippen LogP contribution is 2.28. The number of aryl methyl sites for hydroxylation is 1. The highest BCUT2D eigenvalue weighted by atomic mass is 35.5. The number of thiophene rings is 1. The summed E-state index contributed by atoms with van der Waals surface area (Å²) in [4.78, 5) is 27.2. The summed E-state index contributed by atoms with van der Waals surface area (Å²) >= 11 is 12.4. The Kier molecular flexibility index (Phi) is 4.80. The van der Waals surface area contributed by atoms with E-state index < -0.39 is 11.8 Å². The Morgan fingerprint density at radius 2 is 2.00 bits per heavy atom. The van der Waals surface area contributed by atoms with Gasteiger partial charge in [-0.1, -0.05) is 36.7 Å². The van der Waals surface area contributed by atoms with Gasteiger partial charge >= 0.3 is 0 Å². The van der Waals surface area contributed by atoms with Crippen LogP contribution in [0.15, 0.2) is 42.0 Å². The van der Waals surface area contributed by atoms with Gasteiger partial charge in [-0.2, -0.15) is 0 Å². The largest absolute Gasteiger partial charge is 0.298 e. The summed E-state index contributed by atoms with van der Waals surface area (Å²) in [6.07, 6.45) is 2.29. The van der Waals surface area contributed by atoms with Crippen LogP contribution in [0.4, 0.5) is 5.69 Å². The molecule has 0 atom stereocenters. The lowest BCUT2D eigenvalue weighted by molar-refractivity contribution is -0.122. The Labute approximate surface area is 153 Å². The average Bonchev–Trinajstić information content (AvgIpc) is 2.97. The van der Waals surface area contributed by atoms with E-state index >= 15 is 0 Å². The van der Waals surface area contributed by atoms with Gasteiger partial charge in [0.05, 0.1) is 10.0 Å². The van der Waals surface area contributed by atoms with Crippen LogP contribution in [0.25, 0.3) is 6.08 Å². The summed E-state index contributed by atoms with van der Waals surface area (Å²) in [7, 11) is 0. The fourth-order valence-electron chi connectivity index (χ4n) is 2.45. The summed E-state index contributed by atoms with van der Waals surface area (Å²) < 4.78 is 0.592. The smallest absolute Gasteiger partial charge is 0.270 e. The summed E-state index contributed by atoms with van der Waals surface area (Å²) in [5.41, 5.74) is 1.70. The van der Waals surface area contributed by atoms with Gasteiger partial charge in [-0.15, -0.1) is 11.3 Å². The molecule has 1 N–H and O–H groups in total. The lowest BCUT2D eigenvalue weighted by atomic mass is 10.1. The van der Waals surface area contributed by atoms with E-state index in [0.29, 0.717) is 10.0 Å². The molecule has 0 saturated carbocycles. The first-order chi connectivity index (χ1) is 11.5. The number of rotatable bonds is 3. The highest BCUT2D eigenvalue weighted by Gasteiger charge is 2.35. The topological polar surface area (TPSA) is 49.4 Å². The third-order valence-corrected chi connectivity index (χ3v) is 5.06. The maximum atomic E-state index is 12.9. The van der Waals surface area contributed by atoms with Gasteiger partial charge in [0.15, 0.2) is 5.11 Å². The van der Waals surface area contributed by atoms with E-state index in [0.717, 1.165) is 16.9 Å². The summed E-state index contributed by atoms with van der Waals surface area (Å²) in [5.74, 6) is -0.936. The number of benzene rings is 1. The summed E-state index contributed by atoms with van der Waals surface area (Å²) in [5, 5.41) is 2.68. The molecule has 0 unspecified atom stereocenters. The molecule has 1 fully saturated rings. The van der Waals surface area contributed by atoms with E-state index in [-0.39, 0.29) is 10.7 Å². The molecule has 2 aromatic rings. The average molecular weight is 377 g/mol. The predicted molar refractivity (Wildman–Crippen MR) is 101 cm³/mol. The van der Waals surface area contributed by atoms with Gasteiger partial charge in [0.25, 0.3) is 11.8 Å². The molecule has 0 bridgehead atoms. The first-order valence-electron chi connectivity index (χ1n) is 7.26. The normalized spacial score (nSPS) is 16.7. The number of amides is 2. The molecule has 1 aromatic carbocycles. The molecule has 0 aliphatic carbocycles. The van der Waals surface area contributed by atoms with E-state index in [4.69, 9.17) is 23.8 Å². The van der Waals surface area contributed by atoms with Crippen molar-refractivity contribution in [2.45, 2.75) is 13.3 Å². The summed E-state index contributed by atoms with van der Waals surface area (Å²) in [6, 6.07) is 11.0. The van der Waals surface area contributed by atoms with Crippen molar-refractivity contribution in [1.82, 2.24) is 5.32 Å². The molecule has 1 aliphatic rings.